The van der Waals surface area contributed by atoms with E-state index in [1.807, 2.05) is 0 Å². The van der Waals surface area contributed by atoms with Crippen molar-refractivity contribution >= 4 is 5.91 Å². The molecular formula is C59H115NO5. The molecule has 0 saturated carbocycles. The molecule has 386 valence electrons. The summed E-state index contributed by atoms with van der Waals surface area (Å²) in [6.07, 6.45) is 65.4. The summed E-state index contributed by atoms with van der Waals surface area (Å²) in [7, 11) is 0. The average Bonchev–Trinajstić information content (AvgIpc) is 3.31. The first-order valence-corrected chi connectivity index (χ1v) is 29.2. The van der Waals surface area contributed by atoms with Crippen LogP contribution in [0.25, 0.3) is 0 Å². The summed E-state index contributed by atoms with van der Waals surface area (Å²) in [6.45, 7) is 4.06. The maximum absolute atomic E-state index is 12.6. The first-order chi connectivity index (χ1) is 32.0. The number of rotatable bonds is 54. The van der Waals surface area contributed by atoms with Crippen LogP contribution in [0.4, 0.5) is 0 Å². The number of nitrogens with one attached hydrogen (secondary N) is 1. The summed E-state index contributed by atoms with van der Waals surface area (Å²) in [4.78, 5) is 12.6. The summed E-state index contributed by atoms with van der Waals surface area (Å²) in [6, 6.07) is -0.987. The van der Waals surface area contributed by atoms with E-state index >= 15 is 0 Å². The molecule has 0 aromatic heterocycles. The monoisotopic (exact) mass is 918 g/mol. The number of hydrogen-bond donors (Lipinski definition) is 5. The minimum Gasteiger partial charge on any atom is -0.394 e. The van der Waals surface area contributed by atoms with Crippen molar-refractivity contribution in [3.05, 3.63) is 24.3 Å². The van der Waals surface area contributed by atoms with Gasteiger partial charge < -0.3 is 25.7 Å². The second kappa shape index (κ2) is 53.7. The van der Waals surface area contributed by atoms with Crippen molar-refractivity contribution < 1.29 is 25.2 Å². The lowest BCUT2D eigenvalue weighted by Crippen LogP contribution is -2.53. The van der Waals surface area contributed by atoms with Crippen LogP contribution < -0.4 is 5.32 Å². The predicted octanol–water partition coefficient (Wildman–Crippen LogP) is 17.0. The lowest BCUT2D eigenvalue weighted by atomic mass is 9.99. The molecule has 0 rings (SSSR count). The van der Waals surface area contributed by atoms with E-state index in [1.165, 1.54) is 244 Å². The number of aliphatic hydroxyl groups is 4. The standard InChI is InChI=1S/C59H115NO5/c1-3-5-7-9-11-13-15-17-19-21-23-24-25-26-27-28-29-30-31-32-33-34-35-37-38-40-42-44-46-48-50-52-56(62)58(64)55(54-61)60-59(65)57(63)53-51-49-47-45-43-41-39-36-22-20-18-16-14-12-10-8-6-4-2/h12,14,16,18,55-58,61-64H,3-11,13,15,17,19-54H2,1-2H3,(H,60,65)/b14-12-,18-16-. The Bertz CT molecular complexity index is 986. The van der Waals surface area contributed by atoms with E-state index in [1.54, 1.807) is 0 Å². The Labute approximate surface area is 405 Å². The van der Waals surface area contributed by atoms with Gasteiger partial charge in [-0.15, -0.1) is 0 Å². The fourth-order valence-corrected chi connectivity index (χ4v) is 9.34. The first-order valence-electron chi connectivity index (χ1n) is 29.2. The van der Waals surface area contributed by atoms with Crippen LogP contribution in [0, 0.1) is 0 Å². The third kappa shape index (κ3) is 47.6. The van der Waals surface area contributed by atoms with Gasteiger partial charge in [-0.3, -0.25) is 4.79 Å². The molecule has 4 atom stereocenters. The molecule has 0 aliphatic rings. The number of aliphatic hydroxyl groups excluding tert-OH is 4. The first kappa shape index (κ1) is 63.8. The largest absolute Gasteiger partial charge is 0.394 e. The molecule has 0 aromatic rings. The Morgan fingerprint density at radius 1 is 0.385 bits per heavy atom. The third-order valence-corrected chi connectivity index (χ3v) is 13.9. The van der Waals surface area contributed by atoms with E-state index in [2.05, 4.69) is 43.5 Å². The number of hydrogen-bond acceptors (Lipinski definition) is 5. The predicted molar refractivity (Wildman–Crippen MR) is 284 cm³/mol. The molecule has 0 bridgehead atoms. The zero-order chi connectivity index (χ0) is 47.4. The van der Waals surface area contributed by atoms with Crippen molar-refractivity contribution in [3.63, 3.8) is 0 Å². The zero-order valence-corrected chi connectivity index (χ0v) is 43.8. The fraction of sp³-hybridized carbons (Fsp3) is 0.915. The molecule has 5 N–H and O–H groups in total. The Morgan fingerprint density at radius 3 is 0.969 bits per heavy atom. The molecule has 6 heteroatoms. The van der Waals surface area contributed by atoms with Gasteiger partial charge in [-0.1, -0.05) is 301 Å². The van der Waals surface area contributed by atoms with E-state index in [4.69, 9.17) is 0 Å². The molecule has 65 heavy (non-hydrogen) atoms. The van der Waals surface area contributed by atoms with Crippen molar-refractivity contribution in [2.24, 2.45) is 0 Å². The van der Waals surface area contributed by atoms with Gasteiger partial charge in [0.05, 0.1) is 18.8 Å². The third-order valence-electron chi connectivity index (χ3n) is 13.9. The van der Waals surface area contributed by atoms with Gasteiger partial charge >= 0.3 is 0 Å². The Kier molecular flexibility index (Phi) is 52.7. The molecular weight excluding hydrogens is 803 g/mol. The quantitative estimate of drug-likeness (QED) is 0.0308. The van der Waals surface area contributed by atoms with Crippen molar-refractivity contribution in [2.45, 2.75) is 340 Å². The molecule has 0 aromatic carbocycles. The maximum atomic E-state index is 12.6. The summed E-state index contributed by atoms with van der Waals surface area (Å²) in [5.74, 6) is -0.584. The van der Waals surface area contributed by atoms with Gasteiger partial charge in [0.1, 0.15) is 12.2 Å². The lowest BCUT2D eigenvalue weighted by Gasteiger charge is -2.27. The molecule has 1 amide bonds. The van der Waals surface area contributed by atoms with Crippen molar-refractivity contribution in [2.75, 3.05) is 6.61 Å². The normalized spacial score (nSPS) is 13.9. The number of amides is 1. The van der Waals surface area contributed by atoms with Crippen LogP contribution in [0.1, 0.15) is 316 Å². The second-order valence-electron chi connectivity index (χ2n) is 20.4. The minimum absolute atomic E-state index is 0.365. The van der Waals surface area contributed by atoms with Crippen LogP contribution in [0.5, 0.6) is 0 Å². The molecule has 4 unspecified atom stereocenters. The lowest BCUT2D eigenvalue weighted by molar-refractivity contribution is -0.132. The van der Waals surface area contributed by atoms with Gasteiger partial charge in [0.15, 0.2) is 0 Å². The van der Waals surface area contributed by atoms with Crippen LogP contribution in [0.2, 0.25) is 0 Å². The minimum atomic E-state index is -1.26. The van der Waals surface area contributed by atoms with Gasteiger partial charge in [-0.25, -0.2) is 0 Å². The van der Waals surface area contributed by atoms with Crippen LogP contribution in [0.3, 0.4) is 0 Å². The van der Waals surface area contributed by atoms with Gasteiger partial charge in [0.2, 0.25) is 5.91 Å². The summed E-state index contributed by atoms with van der Waals surface area (Å²) < 4.78 is 0. The Morgan fingerprint density at radius 2 is 0.646 bits per heavy atom. The Hall–Kier alpha value is -1.21. The van der Waals surface area contributed by atoms with Gasteiger partial charge in [0.25, 0.3) is 0 Å². The Balaban J connectivity index is 3.56. The van der Waals surface area contributed by atoms with Crippen LogP contribution in [-0.4, -0.2) is 57.3 Å². The highest BCUT2D eigenvalue weighted by molar-refractivity contribution is 5.80. The van der Waals surface area contributed by atoms with Gasteiger partial charge in [-0.2, -0.15) is 0 Å². The molecule has 6 nitrogen and oxygen atoms in total. The highest BCUT2D eigenvalue weighted by Crippen LogP contribution is 2.19. The molecule has 0 fully saturated rings. The van der Waals surface area contributed by atoms with Gasteiger partial charge in [0, 0.05) is 0 Å². The van der Waals surface area contributed by atoms with Gasteiger partial charge in [-0.05, 0) is 38.5 Å². The molecule has 0 spiro atoms. The smallest absolute Gasteiger partial charge is 0.249 e. The zero-order valence-electron chi connectivity index (χ0n) is 43.8. The molecule has 0 heterocycles. The SMILES string of the molecule is CCCCC/C=C\C=C/CCCCCCCCCCCC(O)C(=O)NC(CO)C(O)C(O)CCCCCCCCCCCCCCCCCCCCCCCCCCCCCCCCC. The molecule has 0 radical (unpaired) electrons. The highest BCUT2D eigenvalue weighted by Gasteiger charge is 2.28. The van der Waals surface area contributed by atoms with E-state index in [-0.39, 0.29) is 0 Å². The molecule has 0 aliphatic carbocycles. The number of carbonyl (C=O) groups excluding carboxylic acids is 1. The molecule has 0 saturated heterocycles. The highest BCUT2D eigenvalue weighted by atomic mass is 16.3. The summed E-state index contributed by atoms with van der Waals surface area (Å²) in [5, 5.41) is 44.0. The number of carbonyl (C=O) groups is 1. The van der Waals surface area contributed by atoms with E-state index in [0.717, 1.165) is 44.9 Å². The van der Waals surface area contributed by atoms with Crippen molar-refractivity contribution in [1.82, 2.24) is 5.32 Å². The average molecular weight is 919 g/mol. The second-order valence-corrected chi connectivity index (χ2v) is 20.4. The van der Waals surface area contributed by atoms with Crippen molar-refractivity contribution in [3.8, 4) is 0 Å². The van der Waals surface area contributed by atoms with Crippen LogP contribution >= 0.6 is 0 Å². The summed E-state index contributed by atoms with van der Waals surface area (Å²) >= 11 is 0. The number of allylic oxidation sites excluding steroid dienone is 4. The molecule has 0 aliphatic heterocycles. The van der Waals surface area contributed by atoms with E-state index < -0.39 is 36.9 Å². The topological polar surface area (TPSA) is 110 Å². The fourth-order valence-electron chi connectivity index (χ4n) is 9.34. The van der Waals surface area contributed by atoms with Crippen LogP contribution in [0.15, 0.2) is 24.3 Å². The summed E-state index contributed by atoms with van der Waals surface area (Å²) in [5.41, 5.74) is 0. The van der Waals surface area contributed by atoms with Crippen LogP contribution in [-0.2, 0) is 4.79 Å². The van der Waals surface area contributed by atoms with Crippen molar-refractivity contribution in [1.29, 1.82) is 0 Å². The van der Waals surface area contributed by atoms with E-state index in [9.17, 15) is 25.2 Å². The maximum Gasteiger partial charge on any atom is 0.249 e. The number of unbranched alkanes of at least 4 members (excludes halogenated alkanes) is 42. The van der Waals surface area contributed by atoms with E-state index in [0.29, 0.717) is 12.8 Å².